The van der Waals surface area contributed by atoms with Crippen LogP contribution in [-0.4, -0.2) is 5.11 Å². The smallest absolute Gasteiger partial charge is 0.384 e. The van der Waals surface area contributed by atoms with Crippen molar-refractivity contribution in [3.63, 3.8) is 0 Å². The Labute approximate surface area is 79.5 Å². The van der Waals surface area contributed by atoms with E-state index in [4.69, 9.17) is 0 Å². The highest BCUT2D eigenvalue weighted by Crippen LogP contribution is 2.29. The summed E-state index contributed by atoms with van der Waals surface area (Å²) in [5, 5.41) is 9.22. The van der Waals surface area contributed by atoms with Crippen LogP contribution in [0, 0.1) is 0 Å². The van der Waals surface area contributed by atoms with E-state index in [-0.39, 0.29) is 0 Å². The van der Waals surface area contributed by atoms with Gasteiger partial charge in [0.1, 0.15) is 0 Å². The standard InChI is InChI=1S/C10H9F3O/c1-2-9(14)7-3-5-8(6-4-7)10(11,12)13/h2-6,9,14H,1H2/t9-/m1/s1. The van der Waals surface area contributed by atoms with Crippen LogP contribution in [0.3, 0.4) is 0 Å². The van der Waals surface area contributed by atoms with Crippen LogP contribution in [0.5, 0.6) is 0 Å². The Kier molecular flexibility index (Phi) is 2.96. The van der Waals surface area contributed by atoms with Gasteiger partial charge in [0, 0.05) is 0 Å². The zero-order valence-electron chi connectivity index (χ0n) is 7.25. The summed E-state index contributed by atoms with van der Waals surface area (Å²) in [6.45, 7) is 3.34. The van der Waals surface area contributed by atoms with E-state index in [2.05, 4.69) is 6.58 Å². The van der Waals surface area contributed by atoms with Crippen LogP contribution in [0.1, 0.15) is 17.2 Å². The summed E-state index contributed by atoms with van der Waals surface area (Å²) in [6, 6.07) is 4.33. The highest BCUT2D eigenvalue weighted by Gasteiger charge is 2.30. The first-order chi connectivity index (χ1) is 6.45. The van der Waals surface area contributed by atoms with Crippen LogP contribution in [-0.2, 0) is 6.18 Å². The molecule has 0 spiro atoms. The minimum Gasteiger partial charge on any atom is -0.384 e. The van der Waals surface area contributed by atoms with Crippen molar-refractivity contribution >= 4 is 0 Å². The Morgan fingerprint density at radius 3 is 2.07 bits per heavy atom. The second-order valence-electron chi connectivity index (χ2n) is 2.80. The lowest BCUT2D eigenvalue weighted by Crippen LogP contribution is -2.05. The minimum absolute atomic E-state index is 0.396. The first-order valence-corrected chi connectivity index (χ1v) is 3.93. The van der Waals surface area contributed by atoms with Gasteiger partial charge in [-0.05, 0) is 17.7 Å². The van der Waals surface area contributed by atoms with E-state index in [1.54, 1.807) is 0 Å². The molecule has 0 heterocycles. The van der Waals surface area contributed by atoms with Crippen LogP contribution in [0.2, 0.25) is 0 Å². The van der Waals surface area contributed by atoms with Crippen LogP contribution < -0.4 is 0 Å². The highest BCUT2D eigenvalue weighted by atomic mass is 19.4. The molecular weight excluding hydrogens is 193 g/mol. The van der Waals surface area contributed by atoms with Crippen LogP contribution in [0.15, 0.2) is 36.9 Å². The Balaban J connectivity index is 2.95. The van der Waals surface area contributed by atoms with Crippen LogP contribution in [0.4, 0.5) is 13.2 Å². The lowest BCUT2D eigenvalue weighted by atomic mass is 10.1. The second kappa shape index (κ2) is 3.84. The van der Waals surface area contributed by atoms with E-state index in [1.165, 1.54) is 18.2 Å². The average Bonchev–Trinajstić information content (AvgIpc) is 2.15. The summed E-state index contributed by atoms with van der Waals surface area (Å²) >= 11 is 0. The van der Waals surface area contributed by atoms with Crippen molar-refractivity contribution in [1.82, 2.24) is 0 Å². The number of aliphatic hydroxyl groups excluding tert-OH is 1. The monoisotopic (exact) mass is 202 g/mol. The predicted octanol–water partition coefficient (Wildman–Crippen LogP) is 2.92. The van der Waals surface area contributed by atoms with Crippen LogP contribution >= 0.6 is 0 Å². The summed E-state index contributed by atoms with van der Waals surface area (Å²) < 4.78 is 36.4. The summed E-state index contributed by atoms with van der Waals surface area (Å²) in [5.74, 6) is 0. The maximum atomic E-state index is 12.1. The molecule has 0 unspecified atom stereocenters. The van der Waals surface area contributed by atoms with Gasteiger partial charge in [-0.15, -0.1) is 6.58 Å². The van der Waals surface area contributed by atoms with Gasteiger partial charge in [0.15, 0.2) is 0 Å². The van der Waals surface area contributed by atoms with Crippen molar-refractivity contribution in [1.29, 1.82) is 0 Å². The van der Waals surface area contributed by atoms with E-state index in [9.17, 15) is 18.3 Å². The Morgan fingerprint density at radius 1 is 1.21 bits per heavy atom. The number of rotatable bonds is 2. The number of benzene rings is 1. The summed E-state index contributed by atoms with van der Waals surface area (Å²) in [7, 11) is 0. The zero-order chi connectivity index (χ0) is 10.8. The molecule has 0 fully saturated rings. The molecule has 0 saturated heterocycles. The molecule has 0 aliphatic heterocycles. The van der Waals surface area contributed by atoms with Gasteiger partial charge in [0.25, 0.3) is 0 Å². The maximum Gasteiger partial charge on any atom is 0.416 e. The average molecular weight is 202 g/mol. The van der Waals surface area contributed by atoms with Gasteiger partial charge in [-0.2, -0.15) is 13.2 Å². The van der Waals surface area contributed by atoms with Gasteiger partial charge in [0.05, 0.1) is 11.7 Å². The molecule has 0 bridgehead atoms. The molecule has 1 aromatic rings. The number of hydrogen-bond donors (Lipinski definition) is 1. The van der Waals surface area contributed by atoms with Crippen molar-refractivity contribution in [2.75, 3.05) is 0 Å². The molecule has 0 amide bonds. The lowest BCUT2D eigenvalue weighted by molar-refractivity contribution is -0.137. The quantitative estimate of drug-likeness (QED) is 0.731. The van der Waals surface area contributed by atoms with Gasteiger partial charge in [-0.25, -0.2) is 0 Å². The molecule has 0 aromatic heterocycles. The highest BCUT2D eigenvalue weighted by molar-refractivity contribution is 5.27. The molecule has 76 valence electrons. The number of alkyl halides is 3. The van der Waals surface area contributed by atoms with E-state index >= 15 is 0 Å². The molecule has 0 aliphatic rings. The molecular formula is C10H9F3O. The van der Waals surface area contributed by atoms with Gasteiger partial charge in [-0.1, -0.05) is 18.2 Å². The van der Waals surface area contributed by atoms with Crippen molar-refractivity contribution in [2.45, 2.75) is 12.3 Å². The fourth-order valence-electron chi connectivity index (χ4n) is 1.01. The third-order valence-electron chi connectivity index (χ3n) is 1.80. The Morgan fingerprint density at radius 2 is 1.71 bits per heavy atom. The molecule has 1 atom stereocenters. The van der Waals surface area contributed by atoms with E-state index in [0.717, 1.165) is 12.1 Å². The number of aliphatic hydroxyl groups is 1. The van der Waals surface area contributed by atoms with Crippen molar-refractivity contribution in [3.05, 3.63) is 48.0 Å². The zero-order valence-corrected chi connectivity index (χ0v) is 7.25. The van der Waals surface area contributed by atoms with E-state index < -0.39 is 17.8 Å². The van der Waals surface area contributed by atoms with Gasteiger partial charge < -0.3 is 5.11 Å². The van der Waals surface area contributed by atoms with Gasteiger partial charge in [0.2, 0.25) is 0 Å². The predicted molar refractivity (Wildman–Crippen MR) is 46.6 cm³/mol. The molecule has 0 aliphatic carbocycles. The SMILES string of the molecule is C=C[C@@H](O)c1ccc(C(F)(F)F)cc1. The van der Waals surface area contributed by atoms with Crippen molar-refractivity contribution in [2.24, 2.45) is 0 Å². The Hall–Kier alpha value is -1.29. The van der Waals surface area contributed by atoms with Gasteiger partial charge >= 0.3 is 6.18 Å². The molecule has 1 rings (SSSR count). The number of hydrogen-bond acceptors (Lipinski definition) is 1. The van der Waals surface area contributed by atoms with Crippen molar-refractivity contribution < 1.29 is 18.3 Å². The molecule has 1 nitrogen and oxygen atoms in total. The second-order valence-corrected chi connectivity index (χ2v) is 2.80. The van der Waals surface area contributed by atoms with Crippen LogP contribution in [0.25, 0.3) is 0 Å². The first kappa shape index (κ1) is 10.8. The molecule has 14 heavy (non-hydrogen) atoms. The topological polar surface area (TPSA) is 20.2 Å². The fourth-order valence-corrected chi connectivity index (χ4v) is 1.01. The summed E-state index contributed by atoms with van der Waals surface area (Å²) in [5.41, 5.74) is -0.328. The van der Waals surface area contributed by atoms with E-state index in [1.807, 2.05) is 0 Å². The lowest BCUT2D eigenvalue weighted by Gasteiger charge is -2.09. The minimum atomic E-state index is -4.34. The number of halogens is 3. The summed E-state index contributed by atoms with van der Waals surface area (Å²) in [4.78, 5) is 0. The Bertz CT molecular complexity index is 313. The molecule has 1 aromatic carbocycles. The molecule has 1 N–H and O–H groups in total. The fraction of sp³-hybridized carbons (Fsp3) is 0.200. The van der Waals surface area contributed by atoms with E-state index in [0.29, 0.717) is 5.56 Å². The van der Waals surface area contributed by atoms with Crippen molar-refractivity contribution in [3.8, 4) is 0 Å². The largest absolute Gasteiger partial charge is 0.416 e. The summed E-state index contributed by atoms with van der Waals surface area (Å²) in [6.07, 6.45) is -4.00. The maximum absolute atomic E-state index is 12.1. The normalized spacial score (nSPS) is 13.7. The van der Waals surface area contributed by atoms with Gasteiger partial charge in [-0.3, -0.25) is 0 Å². The first-order valence-electron chi connectivity index (χ1n) is 3.93. The molecule has 4 heteroatoms. The third-order valence-corrected chi connectivity index (χ3v) is 1.80. The third kappa shape index (κ3) is 2.35. The molecule has 0 saturated carbocycles. The molecule has 0 radical (unpaired) electrons.